The fourth-order valence-corrected chi connectivity index (χ4v) is 1.95. The number of halogens is 3. The van der Waals surface area contributed by atoms with Crippen LogP contribution in [0.3, 0.4) is 0 Å². The molecule has 0 N–H and O–H groups in total. The number of rotatable bonds is 4. The Labute approximate surface area is 111 Å². The fraction of sp³-hybridized carbons (Fsp3) is 0.364. The molecule has 0 aliphatic rings. The van der Waals surface area contributed by atoms with Gasteiger partial charge in [-0.2, -0.15) is 5.26 Å². The molecule has 4 nitrogen and oxygen atoms in total. The molecule has 0 atom stereocenters. The molecule has 0 saturated heterocycles. The summed E-state index contributed by atoms with van der Waals surface area (Å²) < 4.78 is 30.4. The third kappa shape index (κ3) is 2.82. The molecule has 18 heavy (non-hydrogen) atoms. The molecule has 1 heterocycles. The van der Waals surface area contributed by atoms with E-state index in [0.29, 0.717) is 0 Å². The van der Waals surface area contributed by atoms with E-state index in [-0.39, 0.29) is 28.8 Å². The molecule has 0 amide bonds. The number of nitriles is 1. The highest BCUT2D eigenvalue weighted by Gasteiger charge is 2.25. The van der Waals surface area contributed by atoms with Gasteiger partial charge in [-0.1, -0.05) is 15.9 Å². The minimum atomic E-state index is -2.86. The lowest BCUT2D eigenvalue weighted by atomic mass is 10.0. The number of nitrogens with zero attached hydrogens (tertiary/aromatic N) is 2. The second-order valence-corrected chi connectivity index (χ2v) is 3.74. The summed E-state index contributed by atoms with van der Waals surface area (Å²) in [6.07, 6.45) is -2.02. The van der Waals surface area contributed by atoms with E-state index < -0.39 is 18.0 Å². The van der Waals surface area contributed by atoms with Crippen LogP contribution in [0, 0.1) is 11.3 Å². The number of hydrogen-bond donors (Lipinski definition) is 0. The van der Waals surface area contributed by atoms with Gasteiger partial charge in [0.25, 0.3) is 6.43 Å². The zero-order valence-electron chi connectivity index (χ0n) is 9.41. The number of hydrogen-bond acceptors (Lipinski definition) is 4. The van der Waals surface area contributed by atoms with Gasteiger partial charge in [0.15, 0.2) is 0 Å². The molecule has 1 rings (SSSR count). The zero-order chi connectivity index (χ0) is 13.7. The fourth-order valence-electron chi connectivity index (χ4n) is 1.41. The second-order valence-electron chi connectivity index (χ2n) is 3.18. The van der Waals surface area contributed by atoms with Crippen molar-refractivity contribution in [3.05, 3.63) is 28.6 Å². The van der Waals surface area contributed by atoms with Crippen molar-refractivity contribution in [2.45, 2.75) is 18.7 Å². The van der Waals surface area contributed by atoms with Crippen LogP contribution in [-0.2, 0) is 10.1 Å². The molecule has 0 unspecified atom stereocenters. The number of ether oxygens (including phenoxy) is 1. The van der Waals surface area contributed by atoms with Gasteiger partial charge < -0.3 is 4.74 Å². The van der Waals surface area contributed by atoms with E-state index in [2.05, 4.69) is 20.9 Å². The predicted octanol–water partition coefficient (Wildman–Crippen LogP) is 2.96. The van der Waals surface area contributed by atoms with Gasteiger partial charge >= 0.3 is 5.97 Å². The van der Waals surface area contributed by atoms with Gasteiger partial charge in [0.05, 0.1) is 17.7 Å². The molecule has 96 valence electrons. The first-order chi connectivity index (χ1) is 8.56. The summed E-state index contributed by atoms with van der Waals surface area (Å²) in [5.74, 6) is -0.874. The maximum atomic E-state index is 12.8. The van der Waals surface area contributed by atoms with Crippen molar-refractivity contribution >= 4 is 21.9 Å². The summed E-state index contributed by atoms with van der Waals surface area (Å²) in [5.41, 5.74) is -0.759. The quantitative estimate of drug-likeness (QED) is 0.632. The van der Waals surface area contributed by atoms with Crippen LogP contribution < -0.4 is 0 Å². The Kier molecular flexibility index (Phi) is 5.16. The van der Waals surface area contributed by atoms with Crippen molar-refractivity contribution in [1.29, 1.82) is 5.26 Å². The minimum absolute atomic E-state index is 0.0629. The average Bonchev–Trinajstić information content (AvgIpc) is 2.36. The van der Waals surface area contributed by atoms with Crippen LogP contribution in [0.2, 0.25) is 0 Å². The molecule has 1 aromatic rings. The van der Waals surface area contributed by atoms with Crippen molar-refractivity contribution in [2.75, 3.05) is 6.61 Å². The summed E-state index contributed by atoms with van der Waals surface area (Å²) in [7, 11) is 0. The highest BCUT2D eigenvalue weighted by molar-refractivity contribution is 9.08. The molecular formula is C11H9BrF2N2O2. The number of carbonyl (C=O) groups is 1. The summed E-state index contributed by atoms with van der Waals surface area (Å²) in [6, 6.07) is 1.76. The number of pyridine rings is 1. The zero-order valence-corrected chi connectivity index (χ0v) is 11.0. The van der Waals surface area contributed by atoms with E-state index in [4.69, 9.17) is 10.00 Å². The lowest BCUT2D eigenvalue weighted by Gasteiger charge is -2.12. The molecule has 0 radical (unpaired) electrons. The molecule has 1 aromatic heterocycles. The van der Waals surface area contributed by atoms with Gasteiger partial charge in [-0.3, -0.25) is 0 Å². The largest absolute Gasteiger partial charge is 0.462 e. The van der Waals surface area contributed by atoms with Gasteiger partial charge in [0.1, 0.15) is 11.8 Å². The van der Waals surface area contributed by atoms with Crippen LogP contribution in [0.5, 0.6) is 0 Å². The smallest absolute Gasteiger partial charge is 0.339 e. The summed E-state index contributed by atoms with van der Waals surface area (Å²) >= 11 is 3.06. The SMILES string of the molecule is CCOC(=O)c1c(C(F)F)cnc(C#N)c1CBr. The Morgan fingerprint density at radius 1 is 1.67 bits per heavy atom. The molecule has 0 bridgehead atoms. The number of alkyl halides is 3. The molecular weight excluding hydrogens is 310 g/mol. The van der Waals surface area contributed by atoms with Gasteiger partial charge in [-0.05, 0) is 6.92 Å². The first-order valence-corrected chi connectivity index (χ1v) is 6.12. The van der Waals surface area contributed by atoms with Crippen LogP contribution in [0.1, 0.15) is 40.5 Å². The van der Waals surface area contributed by atoms with Crippen LogP contribution >= 0.6 is 15.9 Å². The van der Waals surface area contributed by atoms with Crippen molar-refractivity contribution in [3.8, 4) is 6.07 Å². The van der Waals surface area contributed by atoms with Crippen LogP contribution in [0.15, 0.2) is 6.20 Å². The van der Waals surface area contributed by atoms with Gasteiger partial charge in [0.2, 0.25) is 0 Å². The van der Waals surface area contributed by atoms with E-state index in [1.54, 1.807) is 13.0 Å². The molecule has 0 aliphatic carbocycles. The van der Waals surface area contributed by atoms with E-state index >= 15 is 0 Å². The van der Waals surface area contributed by atoms with Crippen molar-refractivity contribution < 1.29 is 18.3 Å². The number of aromatic nitrogens is 1. The maximum absolute atomic E-state index is 12.8. The highest BCUT2D eigenvalue weighted by Crippen LogP contribution is 2.28. The van der Waals surface area contributed by atoms with Crippen molar-refractivity contribution in [1.82, 2.24) is 4.98 Å². The third-order valence-corrected chi connectivity index (χ3v) is 2.72. The maximum Gasteiger partial charge on any atom is 0.339 e. The topological polar surface area (TPSA) is 63.0 Å². The Morgan fingerprint density at radius 2 is 2.33 bits per heavy atom. The highest BCUT2D eigenvalue weighted by atomic mass is 79.9. The normalized spacial score (nSPS) is 10.2. The standard InChI is InChI=1S/C11H9BrF2N2O2/c1-2-18-11(17)9-6(3-12)8(4-15)16-5-7(9)10(13)14/h5,10H,2-3H2,1H3. The van der Waals surface area contributed by atoms with Gasteiger partial charge in [-0.25, -0.2) is 18.6 Å². The molecule has 7 heteroatoms. The summed E-state index contributed by atoms with van der Waals surface area (Å²) in [5, 5.41) is 8.91. The second kappa shape index (κ2) is 6.40. The van der Waals surface area contributed by atoms with E-state index in [1.165, 1.54) is 0 Å². The molecule has 0 saturated carbocycles. The third-order valence-electron chi connectivity index (χ3n) is 2.16. The Hall–Kier alpha value is -1.55. The molecule has 0 fully saturated rings. The molecule has 0 aliphatic heterocycles. The van der Waals surface area contributed by atoms with E-state index in [1.807, 2.05) is 0 Å². The van der Waals surface area contributed by atoms with Crippen LogP contribution in [-0.4, -0.2) is 17.6 Å². The van der Waals surface area contributed by atoms with Crippen LogP contribution in [0.25, 0.3) is 0 Å². The Bertz CT molecular complexity index is 501. The minimum Gasteiger partial charge on any atom is -0.462 e. The summed E-state index contributed by atoms with van der Waals surface area (Å²) in [6.45, 7) is 1.63. The predicted molar refractivity (Wildman–Crippen MR) is 62.5 cm³/mol. The lowest BCUT2D eigenvalue weighted by Crippen LogP contribution is -2.14. The van der Waals surface area contributed by atoms with Crippen molar-refractivity contribution in [2.24, 2.45) is 0 Å². The van der Waals surface area contributed by atoms with Gasteiger partial charge in [0, 0.05) is 17.1 Å². The molecule has 0 aromatic carbocycles. The lowest BCUT2D eigenvalue weighted by molar-refractivity contribution is 0.0514. The van der Waals surface area contributed by atoms with Crippen molar-refractivity contribution in [3.63, 3.8) is 0 Å². The first-order valence-electron chi connectivity index (χ1n) is 4.99. The van der Waals surface area contributed by atoms with E-state index in [0.717, 1.165) is 6.20 Å². The van der Waals surface area contributed by atoms with Crippen LogP contribution in [0.4, 0.5) is 8.78 Å². The van der Waals surface area contributed by atoms with E-state index in [9.17, 15) is 13.6 Å². The molecule has 0 spiro atoms. The number of carbonyl (C=O) groups excluding carboxylic acids is 1. The Balaban J connectivity index is 3.49. The van der Waals surface area contributed by atoms with Gasteiger partial charge in [-0.15, -0.1) is 0 Å². The first kappa shape index (κ1) is 14.5. The summed E-state index contributed by atoms with van der Waals surface area (Å²) in [4.78, 5) is 15.3. The average molecular weight is 319 g/mol. The monoisotopic (exact) mass is 318 g/mol. The Morgan fingerprint density at radius 3 is 2.78 bits per heavy atom. The number of esters is 1.